The van der Waals surface area contributed by atoms with Crippen LogP contribution in [0.2, 0.25) is 0 Å². The zero-order chi connectivity index (χ0) is 14.3. The molecule has 0 bridgehead atoms. The van der Waals surface area contributed by atoms with Crippen molar-refractivity contribution < 1.29 is 19.4 Å². The fourth-order valence-electron chi connectivity index (χ4n) is 1.41. The van der Waals surface area contributed by atoms with Crippen LogP contribution in [-0.2, 0) is 9.53 Å². The molecule has 0 radical (unpaired) electrons. The molecule has 0 aliphatic heterocycles. The summed E-state index contributed by atoms with van der Waals surface area (Å²) in [5.41, 5.74) is 0.136. The molecule has 1 aromatic heterocycles. The Morgan fingerprint density at radius 2 is 2.26 bits per heavy atom. The summed E-state index contributed by atoms with van der Waals surface area (Å²) in [5.74, 6) is -0.773. The number of amides is 1. The predicted octanol–water partition coefficient (Wildman–Crippen LogP) is -0.0214. The number of methoxy groups -OCH3 is 1. The van der Waals surface area contributed by atoms with Gasteiger partial charge in [0.2, 0.25) is 5.91 Å². The van der Waals surface area contributed by atoms with E-state index in [0.717, 1.165) is 0 Å². The second-order valence-electron chi connectivity index (χ2n) is 3.91. The Bertz CT molecular complexity index is 450. The number of likely N-dealkylation sites (N-methyl/N-ethyl adjacent to an activating group) is 1. The highest BCUT2D eigenvalue weighted by atomic mass is 16.5. The average Bonchev–Trinajstić information content (AvgIpc) is 2.39. The highest BCUT2D eigenvalue weighted by Gasteiger charge is 2.10. The van der Waals surface area contributed by atoms with Crippen LogP contribution in [-0.4, -0.2) is 55.8 Å². The number of nitrogens with one attached hydrogen (secondary N) is 1. The molecule has 0 unspecified atom stereocenters. The Hall–Kier alpha value is -2.15. The van der Waals surface area contributed by atoms with E-state index in [1.165, 1.54) is 18.3 Å². The van der Waals surface area contributed by atoms with Crippen molar-refractivity contribution in [2.75, 3.05) is 38.8 Å². The molecular weight excluding hydrogens is 250 g/mol. The van der Waals surface area contributed by atoms with Gasteiger partial charge in [-0.1, -0.05) is 0 Å². The summed E-state index contributed by atoms with van der Waals surface area (Å²) >= 11 is 0. The number of ether oxygens (including phenoxy) is 1. The summed E-state index contributed by atoms with van der Waals surface area (Å²) in [7, 11) is 3.23. The minimum Gasteiger partial charge on any atom is -0.478 e. The summed E-state index contributed by atoms with van der Waals surface area (Å²) < 4.78 is 4.82. The summed E-state index contributed by atoms with van der Waals surface area (Å²) in [4.78, 5) is 28.0. The van der Waals surface area contributed by atoms with Crippen LogP contribution in [0.25, 0.3) is 0 Å². The van der Waals surface area contributed by atoms with Crippen molar-refractivity contribution in [3.8, 4) is 0 Å². The molecule has 1 aromatic rings. The quantitative estimate of drug-likeness (QED) is 0.674. The van der Waals surface area contributed by atoms with Gasteiger partial charge in [0.15, 0.2) is 0 Å². The van der Waals surface area contributed by atoms with E-state index in [9.17, 15) is 9.59 Å². The van der Waals surface area contributed by atoms with Crippen LogP contribution in [0.3, 0.4) is 0 Å². The van der Waals surface area contributed by atoms with Gasteiger partial charge in [0.25, 0.3) is 0 Å². The number of carboxylic acid groups (broad SMARTS) is 1. The largest absolute Gasteiger partial charge is 0.478 e. The van der Waals surface area contributed by atoms with E-state index < -0.39 is 5.97 Å². The summed E-state index contributed by atoms with van der Waals surface area (Å²) in [6.45, 7) is 0.980. The van der Waals surface area contributed by atoms with Gasteiger partial charge in [0.05, 0.1) is 18.7 Å². The number of anilines is 1. The maximum absolute atomic E-state index is 11.6. The van der Waals surface area contributed by atoms with Gasteiger partial charge in [-0.05, 0) is 12.1 Å². The molecule has 0 spiro atoms. The number of pyridine rings is 1. The third kappa shape index (κ3) is 4.92. The normalized spacial score (nSPS) is 10.0. The SMILES string of the molecule is COCCNC(=O)CN(C)c1cc(C(=O)O)ccn1. The molecule has 0 saturated heterocycles. The summed E-state index contributed by atoms with van der Waals surface area (Å²) in [6, 6.07) is 2.82. The molecule has 0 aliphatic rings. The molecule has 0 aromatic carbocycles. The molecule has 2 N–H and O–H groups in total. The lowest BCUT2D eigenvalue weighted by Crippen LogP contribution is -2.37. The average molecular weight is 267 g/mol. The first-order valence-electron chi connectivity index (χ1n) is 5.70. The van der Waals surface area contributed by atoms with E-state index in [-0.39, 0.29) is 18.0 Å². The van der Waals surface area contributed by atoms with Crippen LogP contribution >= 0.6 is 0 Å². The first-order valence-corrected chi connectivity index (χ1v) is 5.70. The van der Waals surface area contributed by atoms with E-state index in [1.807, 2.05) is 0 Å². The molecule has 0 atom stereocenters. The molecule has 7 heteroatoms. The lowest BCUT2D eigenvalue weighted by molar-refractivity contribution is -0.119. The molecule has 0 fully saturated rings. The summed E-state index contributed by atoms with van der Waals surface area (Å²) in [6.07, 6.45) is 1.40. The second-order valence-corrected chi connectivity index (χ2v) is 3.91. The van der Waals surface area contributed by atoms with Crippen LogP contribution in [0.4, 0.5) is 5.82 Å². The number of carbonyl (C=O) groups is 2. The van der Waals surface area contributed by atoms with Crippen LogP contribution < -0.4 is 10.2 Å². The standard InChI is InChI=1S/C12H17N3O4/c1-15(8-11(16)14-5-6-19-2)10-7-9(12(17)18)3-4-13-10/h3-4,7H,5-6,8H2,1-2H3,(H,14,16)(H,17,18). The molecule has 19 heavy (non-hydrogen) atoms. The number of carboxylic acids is 1. The van der Waals surface area contributed by atoms with E-state index in [4.69, 9.17) is 9.84 Å². The fraction of sp³-hybridized carbons (Fsp3) is 0.417. The maximum atomic E-state index is 11.6. The van der Waals surface area contributed by atoms with Crippen molar-refractivity contribution in [3.05, 3.63) is 23.9 Å². The molecule has 0 saturated carbocycles. The van der Waals surface area contributed by atoms with Crippen molar-refractivity contribution in [2.24, 2.45) is 0 Å². The summed E-state index contributed by atoms with van der Waals surface area (Å²) in [5, 5.41) is 11.5. The van der Waals surface area contributed by atoms with Gasteiger partial charge in [-0.25, -0.2) is 9.78 Å². The number of aromatic nitrogens is 1. The van der Waals surface area contributed by atoms with Crippen molar-refractivity contribution in [3.63, 3.8) is 0 Å². The second kappa shape index (κ2) is 7.32. The Morgan fingerprint density at radius 3 is 2.89 bits per heavy atom. The smallest absolute Gasteiger partial charge is 0.335 e. The zero-order valence-corrected chi connectivity index (χ0v) is 10.9. The van der Waals surface area contributed by atoms with E-state index in [1.54, 1.807) is 19.1 Å². The van der Waals surface area contributed by atoms with Gasteiger partial charge in [0.1, 0.15) is 5.82 Å². The highest BCUT2D eigenvalue weighted by molar-refractivity contribution is 5.88. The van der Waals surface area contributed by atoms with Crippen LogP contribution in [0.1, 0.15) is 10.4 Å². The van der Waals surface area contributed by atoms with Gasteiger partial charge in [-0.3, -0.25) is 4.79 Å². The molecule has 1 rings (SSSR count). The third-order valence-electron chi connectivity index (χ3n) is 2.39. The number of hydrogen-bond donors (Lipinski definition) is 2. The third-order valence-corrected chi connectivity index (χ3v) is 2.39. The number of hydrogen-bond acceptors (Lipinski definition) is 5. The van der Waals surface area contributed by atoms with Gasteiger partial charge >= 0.3 is 5.97 Å². The fourth-order valence-corrected chi connectivity index (χ4v) is 1.41. The number of nitrogens with zero attached hydrogens (tertiary/aromatic N) is 2. The van der Waals surface area contributed by atoms with Gasteiger partial charge in [-0.2, -0.15) is 0 Å². The first kappa shape index (κ1) is 14.9. The van der Waals surface area contributed by atoms with Crippen molar-refractivity contribution in [2.45, 2.75) is 0 Å². The molecular formula is C12H17N3O4. The van der Waals surface area contributed by atoms with E-state index in [0.29, 0.717) is 19.0 Å². The Labute approximate surface area is 111 Å². The topological polar surface area (TPSA) is 91.8 Å². The number of rotatable bonds is 7. The molecule has 104 valence electrons. The Morgan fingerprint density at radius 1 is 1.53 bits per heavy atom. The van der Waals surface area contributed by atoms with Gasteiger partial charge < -0.3 is 20.1 Å². The van der Waals surface area contributed by atoms with Crippen LogP contribution in [0, 0.1) is 0 Å². The highest BCUT2D eigenvalue weighted by Crippen LogP contribution is 2.10. The van der Waals surface area contributed by atoms with Crippen LogP contribution in [0.5, 0.6) is 0 Å². The van der Waals surface area contributed by atoms with E-state index in [2.05, 4.69) is 10.3 Å². The first-order chi connectivity index (χ1) is 9.04. The van der Waals surface area contributed by atoms with Gasteiger partial charge in [-0.15, -0.1) is 0 Å². The molecule has 7 nitrogen and oxygen atoms in total. The van der Waals surface area contributed by atoms with Crippen molar-refractivity contribution in [1.82, 2.24) is 10.3 Å². The Kier molecular flexibility index (Phi) is 5.74. The number of aromatic carboxylic acids is 1. The zero-order valence-electron chi connectivity index (χ0n) is 10.9. The van der Waals surface area contributed by atoms with Gasteiger partial charge in [0, 0.05) is 26.9 Å². The lowest BCUT2D eigenvalue weighted by atomic mass is 10.2. The minimum atomic E-state index is -1.03. The molecule has 0 aliphatic carbocycles. The lowest BCUT2D eigenvalue weighted by Gasteiger charge is -2.17. The monoisotopic (exact) mass is 267 g/mol. The van der Waals surface area contributed by atoms with Crippen molar-refractivity contribution >= 4 is 17.7 Å². The van der Waals surface area contributed by atoms with E-state index >= 15 is 0 Å². The predicted molar refractivity (Wildman–Crippen MR) is 69.4 cm³/mol. The van der Waals surface area contributed by atoms with Crippen molar-refractivity contribution in [1.29, 1.82) is 0 Å². The van der Waals surface area contributed by atoms with Crippen LogP contribution in [0.15, 0.2) is 18.3 Å². The molecule has 1 heterocycles. The minimum absolute atomic E-state index is 0.0970. The molecule has 1 amide bonds. The number of carbonyl (C=O) groups excluding carboxylic acids is 1. The Balaban J connectivity index is 2.57. The maximum Gasteiger partial charge on any atom is 0.335 e.